The molecule has 1 aromatic rings. The fourth-order valence-electron chi connectivity index (χ4n) is 1.55. The summed E-state index contributed by atoms with van der Waals surface area (Å²) in [5.41, 5.74) is 5.47. The number of rotatable bonds is 7. The first kappa shape index (κ1) is 13.7. The summed E-state index contributed by atoms with van der Waals surface area (Å²) >= 11 is 0. The highest BCUT2D eigenvalue weighted by atomic mass is 15.3. The lowest BCUT2D eigenvalue weighted by Gasteiger charge is -2.19. The summed E-state index contributed by atoms with van der Waals surface area (Å²) in [5, 5.41) is 0. The van der Waals surface area contributed by atoms with Crippen LogP contribution < -0.4 is 15.5 Å². The molecule has 0 radical (unpaired) electrons. The van der Waals surface area contributed by atoms with Gasteiger partial charge >= 0.3 is 0 Å². The number of anilines is 2. The average Bonchev–Trinajstić information content (AvgIpc) is 2.34. The Kier molecular flexibility index (Phi) is 5.69. The second kappa shape index (κ2) is 7.06. The highest BCUT2D eigenvalue weighted by Crippen LogP contribution is 2.12. The zero-order chi connectivity index (χ0) is 12.7. The highest BCUT2D eigenvalue weighted by molar-refractivity contribution is 5.42. The first-order valence-corrected chi connectivity index (χ1v) is 6.06. The molecule has 0 saturated carbocycles. The minimum absolute atomic E-state index is 0.747. The van der Waals surface area contributed by atoms with Crippen LogP contribution in [0.2, 0.25) is 0 Å². The maximum absolute atomic E-state index is 5.47. The van der Waals surface area contributed by atoms with Crippen LogP contribution in [0.4, 0.5) is 11.8 Å². The molecule has 1 aromatic heterocycles. The molecule has 1 rings (SSSR count). The van der Waals surface area contributed by atoms with Crippen molar-refractivity contribution in [3.05, 3.63) is 12.3 Å². The van der Waals surface area contributed by atoms with Crippen LogP contribution in [0.5, 0.6) is 0 Å². The van der Waals surface area contributed by atoms with Crippen LogP contribution in [0.3, 0.4) is 0 Å². The Morgan fingerprint density at radius 3 is 2.59 bits per heavy atom. The molecule has 0 aliphatic heterocycles. The summed E-state index contributed by atoms with van der Waals surface area (Å²) in [7, 11) is 5.95. The summed E-state index contributed by atoms with van der Waals surface area (Å²) in [6.45, 7) is 1.78. The lowest BCUT2D eigenvalue weighted by molar-refractivity contribution is 0.675. The second-order valence-electron chi connectivity index (χ2n) is 4.38. The van der Waals surface area contributed by atoms with Gasteiger partial charge in [0.05, 0.1) is 0 Å². The minimum atomic E-state index is 0.747. The van der Waals surface area contributed by atoms with E-state index in [0.29, 0.717) is 0 Å². The quantitative estimate of drug-likeness (QED) is 0.720. The monoisotopic (exact) mass is 237 g/mol. The Balaban J connectivity index is 2.50. The van der Waals surface area contributed by atoms with E-state index in [4.69, 9.17) is 5.73 Å². The molecule has 0 aliphatic rings. The normalized spacial score (nSPS) is 10.4. The van der Waals surface area contributed by atoms with Gasteiger partial charge < -0.3 is 15.5 Å². The second-order valence-corrected chi connectivity index (χ2v) is 4.38. The molecular formula is C12H23N5. The van der Waals surface area contributed by atoms with E-state index >= 15 is 0 Å². The molecule has 0 spiro atoms. The van der Waals surface area contributed by atoms with E-state index in [2.05, 4.69) is 21.9 Å². The molecule has 0 fully saturated rings. The Morgan fingerprint density at radius 2 is 1.94 bits per heavy atom. The standard InChI is InChI=1S/C12H23N5/c1-16(2)12-14-9-7-11(15-12)17(3)10-6-4-5-8-13/h7,9H,4-6,8,10,13H2,1-3H3. The van der Waals surface area contributed by atoms with Gasteiger partial charge in [-0.3, -0.25) is 0 Å². The van der Waals surface area contributed by atoms with Gasteiger partial charge in [0, 0.05) is 33.9 Å². The number of hydrogen-bond donors (Lipinski definition) is 1. The van der Waals surface area contributed by atoms with Gasteiger partial charge in [-0.15, -0.1) is 0 Å². The van der Waals surface area contributed by atoms with Crippen LogP contribution in [0.1, 0.15) is 19.3 Å². The van der Waals surface area contributed by atoms with E-state index in [0.717, 1.165) is 37.7 Å². The van der Waals surface area contributed by atoms with E-state index in [1.807, 2.05) is 25.1 Å². The van der Waals surface area contributed by atoms with E-state index in [1.54, 1.807) is 6.20 Å². The molecule has 1 heterocycles. The van der Waals surface area contributed by atoms with Crippen LogP contribution in [0, 0.1) is 0 Å². The third kappa shape index (κ3) is 4.56. The summed E-state index contributed by atoms with van der Waals surface area (Å²) in [5.74, 6) is 1.72. The van der Waals surface area contributed by atoms with Gasteiger partial charge in [-0.05, 0) is 25.5 Å². The van der Waals surface area contributed by atoms with E-state index in [1.165, 1.54) is 6.42 Å². The van der Waals surface area contributed by atoms with E-state index in [9.17, 15) is 0 Å². The van der Waals surface area contributed by atoms with Crippen molar-refractivity contribution in [1.82, 2.24) is 9.97 Å². The minimum Gasteiger partial charge on any atom is -0.360 e. The molecule has 0 bridgehead atoms. The van der Waals surface area contributed by atoms with Crippen molar-refractivity contribution in [1.29, 1.82) is 0 Å². The van der Waals surface area contributed by atoms with Gasteiger partial charge in [0.25, 0.3) is 0 Å². The van der Waals surface area contributed by atoms with Gasteiger partial charge in [0.1, 0.15) is 5.82 Å². The van der Waals surface area contributed by atoms with Crippen LogP contribution in [-0.2, 0) is 0 Å². The zero-order valence-corrected chi connectivity index (χ0v) is 11.1. The first-order valence-electron chi connectivity index (χ1n) is 6.06. The van der Waals surface area contributed by atoms with Crippen molar-refractivity contribution < 1.29 is 0 Å². The molecule has 5 nitrogen and oxygen atoms in total. The summed E-state index contributed by atoms with van der Waals surface area (Å²) < 4.78 is 0. The maximum atomic E-state index is 5.47. The average molecular weight is 237 g/mol. The Morgan fingerprint density at radius 1 is 1.18 bits per heavy atom. The molecule has 2 N–H and O–H groups in total. The Labute approximate surface area is 104 Å². The van der Waals surface area contributed by atoms with Gasteiger partial charge in [0.2, 0.25) is 5.95 Å². The fourth-order valence-corrected chi connectivity index (χ4v) is 1.55. The number of nitrogens with two attached hydrogens (primary N) is 1. The van der Waals surface area contributed by atoms with Crippen molar-refractivity contribution in [2.24, 2.45) is 5.73 Å². The number of unbranched alkanes of at least 4 members (excludes halogenated alkanes) is 2. The van der Waals surface area contributed by atoms with Crippen molar-refractivity contribution in [3.8, 4) is 0 Å². The zero-order valence-electron chi connectivity index (χ0n) is 11.1. The largest absolute Gasteiger partial charge is 0.360 e. The third-order valence-electron chi connectivity index (χ3n) is 2.62. The van der Waals surface area contributed by atoms with Crippen LogP contribution in [-0.4, -0.2) is 44.2 Å². The van der Waals surface area contributed by atoms with E-state index < -0.39 is 0 Å². The highest BCUT2D eigenvalue weighted by Gasteiger charge is 2.05. The SMILES string of the molecule is CN(C)c1nccc(N(C)CCCCCN)n1. The predicted molar refractivity (Wildman–Crippen MR) is 72.5 cm³/mol. The molecule has 0 amide bonds. The maximum Gasteiger partial charge on any atom is 0.226 e. The molecule has 0 atom stereocenters. The van der Waals surface area contributed by atoms with Crippen molar-refractivity contribution in [2.45, 2.75) is 19.3 Å². The van der Waals surface area contributed by atoms with Gasteiger partial charge in [0.15, 0.2) is 0 Å². The van der Waals surface area contributed by atoms with Crippen LogP contribution >= 0.6 is 0 Å². The number of nitrogens with zero attached hydrogens (tertiary/aromatic N) is 4. The van der Waals surface area contributed by atoms with Crippen LogP contribution in [0.25, 0.3) is 0 Å². The molecule has 0 aromatic carbocycles. The molecule has 0 aliphatic carbocycles. The molecule has 5 heteroatoms. The molecule has 0 unspecified atom stereocenters. The van der Waals surface area contributed by atoms with Crippen molar-refractivity contribution in [2.75, 3.05) is 44.0 Å². The van der Waals surface area contributed by atoms with Gasteiger partial charge in [-0.25, -0.2) is 4.98 Å². The summed E-state index contributed by atoms with van der Waals surface area (Å²) in [6.07, 6.45) is 5.22. The first-order chi connectivity index (χ1) is 8.15. The Hall–Kier alpha value is -1.36. The van der Waals surface area contributed by atoms with Crippen LogP contribution in [0.15, 0.2) is 12.3 Å². The summed E-state index contributed by atoms with van der Waals surface area (Å²) in [4.78, 5) is 12.8. The molecule has 96 valence electrons. The van der Waals surface area contributed by atoms with Crippen molar-refractivity contribution >= 4 is 11.8 Å². The topological polar surface area (TPSA) is 58.3 Å². The number of aromatic nitrogens is 2. The third-order valence-corrected chi connectivity index (χ3v) is 2.62. The van der Waals surface area contributed by atoms with E-state index in [-0.39, 0.29) is 0 Å². The van der Waals surface area contributed by atoms with Gasteiger partial charge in [-0.1, -0.05) is 6.42 Å². The van der Waals surface area contributed by atoms with Crippen molar-refractivity contribution in [3.63, 3.8) is 0 Å². The fraction of sp³-hybridized carbons (Fsp3) is 0.667. The number of hydrogen-bond acceptors (Lipinski definition) is 5. The Bertz CT molecular complexity index is 326. The van der Waals surface area contributed by atoms with Gasteiger partial charge in [-0.2, -0.15) is 4.98 Å². The molecule has 0 saturated heterocycles. The molecular weight excluding hydrogens is 214 g/mol. The predicted octanol–water partition coefficient (Wildman–Crippen LogP) is 1.11. The summed E-state index contributed by atoms with van der Waals surface area (Å²) in [6, 6.07) is 1.94. The molecule has 17 heavy (non-hydrogen) atoms. The smallest absolute Gasteiger partial charge is 0.226 e. The lowest BCUT2D eigenvalue weighted by Crippen LogP contribution is -2.21. The lowest BCUT2D eigenvalue weighted by atomic mass is 10.2.